The highest BCUT2D eigenvalue weighted by molar-refractivity contribution is 5.85. The molecule has 0 aromatic heterocycles. The van der Waals surface area contributed by atoms with Gasteiger partial charge in [0.2, 0.25) is 0 Å². The minimum Gasteiger partial charge on any atom is -0.508 e. The smallest absolute Gasteiger partial charge is 0.120 e. The van der Waals surface area contributed by atoms with Crippen molar-refractivity contribution >= 4 is 12.4 Å². The van der Waals surface area contributed by atoms with E-state index in [0.29, 0.717) is 17.9 Å². The number of rotatable bonds is 3. The molecule has 0 fully saturated rings. The fraction of sp³-hybridized carbons (Fsp3) is 0.333. The van der Waals surface area contributed by atoms with Crippen LogP contribution in [0.2, 0.25) is 0 Å². The zero-order chi connectivity index (χ0) is 9.84. The third-order valence-corrected chi connectivity index (χ3v) is 1.89. The number of aromatic hydroxyl groups is 1. The Morgan fingerprint density at radius 1 is 1.50 bits per heavy atom. The topological polar surface area (TPSA) is 81.5 Å². The number of nitrogens with two attached hydrogens (primary N) is 2. The van der Waals surface area contributed by atoms with Crippen molar-refractivity contribution in [2.24, 2.45) is 11.5 Å². The third-order valence-electron chi connectivity index (χ3n) is 1.89. The van der Waals surface area contributed by atoms with Crippen LogP contribution in [0.4, 0.5) is 0 Å². The fourth-order valence-electron chi connectivity index (χ4n) is 1.08. The number of phenolic OH excluding ortho intramolecular Hbond substituents is 1. The molecule has 0 aliphatic rings. The van der Waals surface area contributed by atoms with Crippen LogP contribution in [-0.4, -0.2) is 18.8 Å². The highest BCUT2D eigenvalue weighted by Crippen LogP contribution is 2.26. The van der Waals surface area contributed by atoms with E-state index in [9.17, 15) is 5.11 Å². The lowest BCUT2D eigenvalue weighted by Gasteiger charge is -2.12. The average molecular weight is 219 g/mol. The molecule has 0 aliphatic heterocycles. The van der Waals surface area contributed by atoms with Gasteiger partial charge in [-0.2, -0.15) is 0 Å². The average Bonchev–Trinajstić information content (AvgIpc) is 2.17. The quantitative estimate of drug-likeness (QED) is 0.701. The van der Waals surface area contributed by atoms with Crippen LogP contribution in [0, 0.1) is 0 Å². The zero-order valence-corrected chi connectivity index (χ0v) is 8.75. The number of hydrogen-bond acceptors (Lipinski definition) is 4. The molecular formula is C9H15ClN2O2. The van der Waals surface area contributed by atoms with Crippen LogP contribution in [0.1, 0.15) is 11.6 Å². The van der Waals surface area contributed by atoms with Gasteiger partial charge in [-0.25, -0.2) is 0 Å². The van der Waals surface area contributed by atoms with Crippen molar-refractivity contribution in [2.75, 3.05) is 13.7 Å². The molecule has 0 saturated heterocycles. The lowest BCUT2D eigenvalue weighted by Crippen LogP contribution is -2.20. The summed E-state index contributed by atoms with van der Waals surface area (Å²) in [4.78, 5) is 0. The Labute approximate surface area is 89.3 Å². The van der Waals surface area contributed by atoms with Crippen molar-refractivity contribution in [3.63, 3.8) is 0 Å². The molecule has 0 radical (unpaired) electrons. The largest absolute Gasteiger partial charge is 0.508 e. The molecule has 0 aliphatic carbocycles. The Hall–Kier alpha value is -0.970. The zero-order valence-electron chi connectivity index (χ0n) is 7.93. The molecule has 1 rings (SSSR count). The number of phenols is 1. The molecule has 0 amide bonds. The molecule has 0 heterocycles. The first-order chi connectivity index (χ1) is 6.19. The van der Waals surface area contributed by atoms with Crippen LogP contribution in [-0.2, 0) is 0 Å². The van der Waals surface area contributed by atoms with Gasteiger partial charge in [0, 0.05) is 18.2 Å². The molecule has 0 spiro atoms. The Balaban J connectivity index is 0.00000169. The summed E-state index contributed by atoms with van der Waals surface area (Å²) in [6.07, 6.45) is 0. The maximum absolute atomic E-state index is 9.44. The van der Waals surface area contributed by atoms with E-state index in [0.717, 1.165) is 0 Å². The van der Waals surface area contributed by atoms with E-state index in [1.807, 2.05) is 0 Å². The minimum absolute atomic E-state index is 0. The summed E-state index contributed by atoms with van der Waals surface area (Å²) in [5, 5.41) is 9.44. The summed E-state index contributed by atoms with van der Waals surface area (Å²) >= 11 is 0. The van der Waals surface area contributed by atoms with Crippen LogP contribution < -0.4 is 16.2 Å². The van der Waals surface area contributed by atoms with Crippen LogP contribution in [0.3, 0.4) is 0 Å². The van der Waals surface area contributed by atoms with Crippen molar-refractivity contribution in [1.29, 1.82) is 0 Å². The third kappa shape index (κ3) is 2.77. The molecule has 14 heavy (non-hydrogen) atoms. The SMILES string of the molecule is COc1ccc(O)c([C@@H](N)CN)c1.Cl. The van der Waals surface area contributed by atoms with E-state index in [-0.39, 0.29) is 24.2 Å². The Bertz CT molecular complexity index is 294. The fourth-order valence-corrected chi connectivity index (χ4v) is 1.08. The van der Waals surface area contributed by atoms with Gasteiger partial charge in [0.05, 0.1) is 7.11 Å². The summed E-state index contributed by atoms with van der Waals surface area (Å²) in [6, 6.07) is 4.55. The summed E-state index contributed by atoms with van der Waals surface area (Å²) in [7, 11) is 1.56. The van der Waals surface area contributed by atoms with E-state index >= 15 is 0 Å². The number of halogens is 1. The molecular weight excluding hydrogens is 204 g/mol. The number of hydrogen-bond donors (Lipinski definition) is 3. The second-order valence-corrected chi connectivity index (χ2v) is 2.77. The predicted molar refractivity (Wildman–Crippen MR) is 57.9 cm³/mol. The van der Waals surface area contributed by atoms with Gasteiger partial charge in [0.1, 0.15) is 11.5 Å². The summed E-state index contributed by atoms with van der Waals surface area (Å²) in [5.74, 6) is 0.815. The standard InChI is InChI=1S/C9H14N2O2.ClH/c1-13-6-2-3-9(12)7(4-6)8(11)5-10;/h2-4,8,12H,5,10-11H2,1H3;1H/t8-;/m0./s1. The second kappa shape index (κ2) is 5.70. The molecule has 5 N–H and O–H groups in total. The van der Waals surface area contributed by atoms with Crippen molar-refractivity contribution in [3.8, 4) is 11.5 Å². The van der Waals surface area contributed by atoms with Gasteiger partial charge >= 0.3 is 0 Å². The van der Waals surface area contributed by atoms with Gasteiger partial charge in [-0.1, -0.05) is 0 Å². The monoisotopic (exact) mass is 218 g/mol. The van der Waals surface area contributed by atoms with Crippen LogP contribution in [0.25, 0.3) is 0 Å². The van der Waals surface area contributed by atoms with Gasteiger partial charge < -0.3 is 21.3 Å². The molecule has 1 aromatic carbocycles. The lowest BCUT2D eigenvalue weighted by molar-refractivity contribution is 0.409. The van der Waals surface area contributed by atoms with Gasteiger partial charge in [-0.15, -0.1) is 12.4 Å². The Morgan fingerprint density at radius 2 is 2.14 bits per heavy atom. The van der Waals surface area contributed by atoms with Gasteiger partial charge in [0.15, 0.2) is 0 Å². The van der Waals surface area contributed by atoms with E-state index < -0.39 is 0 Å². The normalized spacial score (nSPS) is 11.6. The predicted octanol–water partition coefficient (Wildman–Crippen LogP) is 0.781. The highest BCUT2D eigenvalue weighted by atomic mass is 35.5. The van der Waals surface area contributed by atoms with E-state index in [1.165, 1.54) is 0 Å². The summed E-state index contributed by atoms with van der Waals surface area (Å²) in [5.41, 5.74) is 11.7. The van der Waals surface area contributed by atoms with Crippen molar-refractivity contribution in [1.82, 2.24) is 0 Å². The van der Waals surface area contributed by atoms with Crippen LogP contribution in [0.15, 0.2) is 18.2 Å². The maximum Gasteiger partial charge on any atom is 0.120 e. The van der Waals surface area contributed by atoms with E-state index in [1.54, 1.807) is 25.3 Å². The van der Waals surface area contributed by atoms with Crippen molar-refractivity contribution < 1.29 is 9.84 Å². The number of methoxy groups -OCH3 is 1. The second-order valence-electron chi connectivity index (χ2n) is 2.77. The Morgan fingerprint density at radius 3 is 2.64 bits per heavy atom. The van der Waals surface area contributed by atoms with Crippen molar-refractivity contribution in [2.45, 2.75) is 6.04 Å². The summed E-state index contributed by atoms with van der Waals surface area (Å²) in [6.45, 7) is 0.292. The summed E-state index contributed by atoms with van der Waals surface area (Å²) < 4.78 is 5.00. The Kier molecular flexibility index (Phi) is 5.30. The van der Waals surface area contributed by atoms with Crippen LogP contribution >= 0.6 is 12.4 Å². The highest BCUT2D eigenvalue weighted by Gasteiger charge is 2.09. The number of benzene rings is 1. The first kappa shape index (κ1) is 13.0. The van der Waals surface area contributed by atoms with Crippen LogP contribution in [0.5, 0.6) is 11.5 Å². The molecule has 4 nitrogen and oxygen atoms in total. The van der Waals surface area contributed by atoms with Gasteiger partial charge in [-0.3, -0.25) is 0 Å². The minimum atomic E-state index is -0.352. The molecule has 1 aromatic rings. The first-order valence-corrected chi connectivity index (χ1v) is 4.01. The maximum atomic E-state index is 9.44. The molecule has 0 unspecified atom stereocenters. The van der Waals surface area contributed by atoms with Gasteiger partial charge in [-0.05, 0) is 18.2 Å². The van der Waals surface area contributed by atoms with E-state index in [2.05, 4.69) is 0 Å². The molecule has 0 bridgehead atoms. The van der Waals surface area contributed by atoms with E-state index in [4.69, 9.17) is 16.2 Å². The molecule has 80 valence electrons. The molecule has 1 atom stereocenters. The number of ether oxygens (including phenoxy) is 1. The van der Waals surface area contributed by atoms with Gasteiger partial charge in [0.25, 0.3) is 0 Å². The lowest BCUT2D eigenvalue weighted by atomic mass is 10.1. The van der Waals surface area contributed by atoms with Crippen molar-refractivity contribution in [3.05, 3.63) is 23.8 Å². The molecule has 0 saturated carbocycles. The first-order valence-electron chi connectivity index (χ1n) is 4.01. The molecule has 5 heteroatoms.